The van der Waals surface area contributed by atoms with E-state index < -0.39 is 0 Å². The molecule has 0 N–H and O–H groups in total. The molecule has 0 spiro atoms. The standard InChI is InChI=1S/C12H15IO2/c1-15-7-3-6-12(14)9-10-4-2-5-11(13)8-10/h2,4-5,8H,3,6-7,9H2,1H3. The monoisotopic (exact) mass is 318 g/mol. The maximum Gasteiger partial charge on any atom is 0.137 e. The first kappa shape index (κ1) is 12.6. The second kappa shape index (κ2) is 6.95. The van der Waals surface area contributed by atoms with Crippen molar-refractivity contribution in [3.05, 3.63) is 33.4 Å². The molecule has 0 aliphatic rings. The summed E-state index contributed by atoms with van der Waals surface area (Å²) in [6, 6.07) is 8.06. The minimum atomic E-state index is 0.286. The number of ether oxygens (including phenoxy) is 1. The maximum atomic E-state index is 11.5. The number of carbonyl (C=O) groups excluding carboxylic acids is 1. The molecule has 0 aliphatic carbocycles. The lowest BCUT2D eigenvalue weighted by Gasteiger charge is -2.01. The van der Waals surface area contributed by atoms with E-state index in [0.29, 0.717) is 19.4 Å². The Morgan fingerprint density at radius 3 is 2.93 bits per heavy atom. The number of halogens is 1. The molecule has 0 heterocycles. The van der Waals surface area contributed by atoms with Gasteiger partial charge in [-0.25, -0.2) is 0 Å². The molecule has 2 nitrogen and oxygen atoms in total. The smallest absolute Gasteiger partial charge is 0.137 e. The predicted octanol–water partition coefficient (Wildman–Crippen LogP) is 2.83. The van der Waals surface area contributed by atoms with Gasteiger partial charge in [-0.3, -0.25) is 4.79 Å². The molecule has 0 radical (unpaired) electrons. The molecule has 0 saturated heterocycles. The van der Waals surface area contributed by atoms with Crippen LogP contribution in [0.4, 0.5) is 0 Å². The number of hydrogen-bond donors (Lipinski definition) is 0. The van der Waals surface area contributed by atoms with Gasteiger partial charge in [0.05, 0.1) is 0 Å². The zero-order valence-corrected chi connectivity index (χ0v) is 11.0. The molecule has 0 aliphatic heterocycles. The topological polar surface area (TPSA) is 26.3 Å². The van der Waals surface area contributed by atoms with E-state index in [1.54, 1.807) is 7.11 Å². The van der Waals surface area contributed by atoms with Crippen molar-refractivity contribution in [2.45, 2.75) is 19.3 Å². The van der Waals surface area contributed by atoms with E-state index >= 15 is 0 Å². The number of benzene rings is 1. The van der Waals surface area contributed by atoms with Crippen molar-refractivity contribution in [2.24, 2.45) is 0 Å². The van der Waals surface area contributed by atoms with E-state index in [-0.39, 0.29) is 5.78 Å². The predicted molar refractivity (Wildman–Crippen MR) is 69.0 cm³/mol. The Kier molecular flexibility index (Phi) is 5.86. The second-order valence-electron chi connectivity index (χ2n) is 3.44. The van der Waals surface area contributed by atoms with Crippen LogP contribution >= 0.6 is 22.6 Å². The van der Waals surface area contributed by atoms with Gasteiger partial charge in [0, 0.05) is 30.1 Å². The van der Waals surface area contributed by atoms with Crippen LogP contribution in [0.2, 0.25) is 0 Å². The lowest BCUT2D eigenvalue weighted by atomic mass is 10.1. The third-order valence-electron chi connectivity index (χ3n) is 2.09. The van der Waals surface area contributed by atoms with Crippen LogP contribution in [0.15, 0.2) is 24.3 Å². The van der Waals surface area contributed by atoms with Gasteiger partial charge in [-0.2, -0.15) is 0 Å². The van der Waals surface area contributed by atoms with Crippen LogP contribution in [0.5, 0.6) is 0 Å². The molecule has 0 atom stereocenters. The minimum absolute atomic E-state index is 0.286. The molecule has 0 unspecified atom stereocenters. The van der Waals surface area contributed by atoms with Crippen LogP contribution in [0, 0.1) is 3.57 Å². The van der Waals surface area contributed by atoms with Gasteiger partial charge in [0.25, 0.3) is 0 Å². The number of carbonyl (C=O) groups is 1. The molecular weight excluding hydrogens is 303 g/mol. The first-order valence-corrected chi connectivity index (χ1v) is 6.05. The Balaban J connectivity index is 2.37. The number of ketones is 1. The third kappa shape index (κ3) is 5.28. The number of Topliss-reactive ketones (excluding diaryl/α,β-unsaturated/α-hetero) is 1. The van der Waals surface area contributed by atoms with Crippen molar-refractivity contribution >= 4 is 28.4 Å². The first-order chi connectivity index (χ1) is 7.22. The molecule has 0 fully saturated rings. The summed E-state index contributed by atoms with van der Waals surface area (Å²) in [6.45, 7) is 0.665. The molecule has 0 aromatic heterocycles. The quantitative estimate of drug-likeness (QED) is 0.595. The normalized spacial score (nSPS) is 10.3. The Morgan fingerprint density at radius 2 is 2.27 bits per heavy atom. The number of rotatable bonds is 6. The van der Waals surface area contributed by atoms with Crippen molar-refractivity contribution in [1.82, 2.24) is 0 Å². The van der Waals surface area contributed by atoms with Crippen LogP contribution in [-0.2, 0) is 16.0 Å². The largest absolute Gasteiger partial charge is 0.385 e. The zero-order chi connectivity index (χ0) is 11.1. The molecule has 15 heavy (non-hydrogen) atoms. The summed E-state index contributed by atoms with van der Waals surface area (Å²) in [5.41, 5.74) is 1.10. The summed E-state index contributed by atoms with van der Waals surface area (Å²) in [5, 5.41) is 0. The summed E-state index contributed by atoms with van der Waals surface area (Å²) in [7, 11) is 1.66. The van der Waals surface area contributed by atoms with Crippen molar-refractivity contribution in [3.63, 3.8) is 0 Å². The zero-order valence-electron chi connectivity index (χ0n) is 8.83. The van der Waals surface area contributed by atoms with Crippen LogP contribution < -0.4 is 0 Å². The summed E-state index contributed by atoms with van der Waals surface area (Å²) in [5.74, 6) is 0.286. The van der Waals surface area contributed by atoms with Gasteiger partial charge in [0.1, 0.15) is 5.78 Å². The van der Waals surface area contributed by atoms with Crippen molar-refractivity contribution in [2.75, 3.05) is 13.7 Å². The van der Waals surface area contributed by atoms with Gasteiger partial charge < -0.3 is 4.74 Å². The maximum absolute atomic E-state index is 11.5. The van der Waals surface area contributed by atoms with E-state index in [2.05, 4.69) is 28.7 Å². The highest BCUT2D eigenvalue weighted by molar-refractivity contribution is 14.1. The van der Waals surface area contributed by atoms with Crippen molar-refractivity contribution in [3.8, 4) is 0 Å². The average molecular weight is 318 g/mol. The van der Waals surface area contributed by atoms with Gasteiger partial charge in [0.2, 0.25) is 0 Å². The lowest BCUT2D eigenvalue weighted by molar-refractivity contribution is -0.118. The fourth-order valence-electron chi connectivity index (χ4n) is 1.38. The van der Waals surface area contributed by atoms with Crippen molar-refractivity contribution in [1.29, 1.82) is 0 Å². The second-order valence-corrected chi connectivity index (χ2v) is 4.69. The van der Waals surface area contributed by atoms with E-state index in [4.69, 9.17) is 4.74 Å². The molecule has 1 aromatic rings. The van der Waals surface area contributed by atoms with Gasteiger partial charge >= 0.3 is 0 Å². The molecule has 1 aromatic carbocycles. The van der Waals surface area contributed by atoms with Gasteiger partial charge in [-0.05, 0) is 46.7 Å². The SMILES string of the molecule is COCCCC(=O)Cc1cccc(I)c1. The first-order valence-electron chi connectivity index (χ1n) is 4.97. The highest BCUT2D eigenvalue weighted by Gasteiger charge is 2.03. The Morgan fingerprint density at radius 1 is 1.47 bits per heavy atom. The van der Waals surface area contributed by atoms with E-state index in [1.165, 1.54) is 3.57 Å². The molecule has 82 valence electrons. The van der Waals surface area contributed by atoms with E-state index in [0.717, 1.165) is 12.0 Å². The molecule has 1 rings (SSSR count). The van der Waals surface area contributed by atoms with E-state index in [1.807, 2.05) is 18.2 Å². The Bertz CT molecular complexity index is 323. The average Bonchev–Trinajstić information content (AvgIpc) is 2.18. The van der Waals surface area contributed by atoms with Crippen LogP contribution in [0.1, 0.15) is 18.4 Å². The van der Waals surface area contributed by atoms with Crippen LogP contribution in [0.3, 0.4) is 0 Å². The molecular formula is C12H15IO2. The third-order valence-corrected chi connectivity index (χ3v) is 2.77. The fraction of sp³-hybridized carbons (Fsp3) is 0.417. The molecule has 0 bridgehead atoms. The summed E-state index contributed by atoms with van der Waals surface area (Å²) in [4.78, 5) is 11.5. The number of hydrogen-bond acceptors (Lipinski definition) is 2. The molecule has 0 amide bonds. The highest BCUT2D eigenvalue weighted by atomic mass is 127. The lowest BCUT2D eigenvalue weighted by Crippen LogP contribution is -2.04. The Hall–Kier alpha value is -0.420. The molecule has 0 saturated carbocycles. The highest BCUT2D eigenvalue weighted by Crippen LogP contribution is 2.09. The van der Waals surface area contributed by atoms with Crippen LogP contribution in [-0.4, -0.2) is 19.5 Å². The number of methoxy groups -OCH3 is 1. The van der Waals surface area contributed by atoms with Gasteiger partial charge in [0.15, 0.2) is 0 Å². The summed E-state index contributed by atoms with van der Waals surface area (Å²) >= 11 is 2.26. The van der Waals surface area contributed by atoms with E-state index in [9.17, 15) is 4.79 Å². The summed E-state index contributed by atoms with van der Waals surface area (Å²) in [6.07, 6.45) is 1.97. The Labute approximate surface area is 104 Å². The minimum Gasteiger partial charge on any atom is -0.385 e. The van der Waals surface area contributed by atoms with Crippen molar-refractivity contribution < 1.29 is 9.53 Å². The molecule has 3 heteroatoms. The summed E-state index contributed by atoms with van der Waals surface area (Å²) < 4.78 is 6.08. The van der Waals surface area contributed by atoms with Crippen LogP contribution in [0.25, 0.3) is 0 Å². The van der Waals surface area contributed by atoms with Gasteiger partial charge in [-0.15, -0.1) is 0 Å². The van der Waals surface area contributed by atoms with Gasteiger partial charge in [-0.1, -0.05) is 12.1 Å². The fourth-order valence-corrected chi connectivity index (χ4v) is 1.98.